The number of azide groups is 1. The fourth-order valence-electron chi connectivity index (χ4n) is 0.525. The molecule has 0 rings (SSSR count). The minimum atomic E-state index is -0.496. The van der Waals surface area contributed by atoms with Crippen LogP contribution in [0, 0.1) is 0 Å². The summed E-state index contributed by atoms with van der Waals surface area (Å²) in [5.41, 5.74) is 8.00. The zero-order chi connectivity index (χ0) is 7.98. The van der Waals surface area contributed by atoms with Crippen molar-refractivity contribution in [3.05, 3.63) is 10.4 Å². The van der Waals surface area contributed by atoms with E-state index in [1.165, 1.54) is 0 Å². The first-order valence-electron chi connectivity index (χ1n) is 2.89. The Kier molecular flexibility index (Phi) is 4.98. The smallest absolute Gasteiger partial charge is 0.152 e. The average molecular weight is 206 g/mol. The third kappa shape index (κ3) is 2.85. The number of hydrogen-bond donors (Lipinski definition) is 0. The van der Waals surface area contributed by atoms with Gasteiger partial charge >= 0.3 is 0 Å². The van der Waals surface area contributed by atoms with Crippen molar-refractivity contribution in [3.63, 3.8) is 0 Å². The van der Waals surface area contributed by atoms with Crippen molar-refractivity contribution in [2.24, 2.45) is 5.11 Å². The molecule has 0 spiro atoms. The predicted octanol–water partition coefficient (Wildman–Crippen LogP) is 2.04. The molecule has 1 atom stereocenters. The quantitative estimate of drug-likeness (QED) is 0.300. The molecule has 0 aromatic carbocycles. The Labute approximate surface area is 67.4 Å². The summed E-state index contributed by atoms with van der Waals surface area (Å²) in [6.07, 6.45) is 0.564. The van der Waals surface area contributed by atoms with Gasteiger partial charge in [-0.3, -0.25) is 4.79 Å². The molecule has 0 fully saturated rings. The Morgan fingerprint density at radius 3 is 2.80 bits per heavy atom. The van der Waals surface area contributed by atoms with Gasteiger partial charge in [-0.05, 0) is 12.0 Å². The number of carbonyl (C=O) groups is 1. The SMILES string of the molecule is CC[C@H](N=[N+]=[N-])C(=O)CBr. The van der Waals surface area contributed by atoms with Crippen molar-refractivity contribution < 1.29 is 4.79 Å². The van der Waals surface area contributed by atoms with E-state index in [2.05, 4.69) is 26.0 Å². The van der Waals surface area contributed by atoms with Crippen molar-refractivity contribution in [1.82, 2.24) is 0 Å². The average Bonchev–Trinajstić information content (AvgIpc) is 1.99. The minimum absolute atomic E-state index is 0.0692. The van der Waals surface area contributed by atoms with E-state index in [9.17, 15) is 4.79 Å². The molecule has 0 aliphatic rings. The first-order valence-corrected chi connectivity index (χ1v) is 4.01. The summed E-state index contributed by atoms with van der Waals surface area (Å²) in [5.74, 6) is -0.0692. The van der Waals surface area contributed by atoms with Crippen molar-refractivity contribution >= 4 is 21.7 Å². The number of carbonyl (C=O) groups excluding carboxylic acids is 1. The molecular formula is C5H8BrN3O. The maximum Gasteiger partial charge on any atom is 0.152 e. The van der Waals surface area contributed by atoms with Gasteiger partial charge in [0.2, 0.25) is 0 Å². The van der Waals surface area contributed by atoms with Gasteiger partial charge in [0.15, 0.2) is 5.78 Å². The molecule has 0 amide bonds. The Bertz CT molecular complexity index is 164. The van der Waals surface area contributed by atoms with Crippen molar-refractivity contribution in [3.8, 4) is 0 Å². The van der Waals surface area contributed by atoms with Gasteiger partial charge in [-0.25, -0.2) is 0 Å². The van der Waals surface area contributed by atoms with Gasteiger partial charge in [0.1, 0.15) is 0 Å². The normalized spacial score (nSPS) is 11.8. The molecule has 4 nitrogen and oxygen atoms in total. The van der Waals surface area contributed by atoms with Crippen LogP contribution < -0.4 is 0 Å². The Morgan fingerprint density at radius 1 is 1.90 bits per heavy atom. The summed E-state index contributed by atoms with van der Waals surface area (Å²) < 4.78 is 0. The highest BCUT2D eigenvalue weighted by Crippen LogP contribution is 2.01. The standard InChI is InChI=1S/C5H8BrN3O/c1-2-4(8-9-7)5(10)3-6/h4H,2-3H2,1H3/t4-/m0/s1. The lowest BCUT2D eigenvalue weighted by Crippen LogP contribution is -2.17. The molecular weight excluding hydrogens is 198 g/mol. The van der Waals surface area contributed by atoms with E-state index >= 15 is 0 Å². The Hall–Kier alpha value is -0.540. The van der Waals surface area contributed by atoms with E-state index in [4.69, 9.17) is 5.53 Å². The molecule has 0 aromatic heterocycles. The van der Waals surface area contributed by atoms with Gasteiger partial charge < -0.3 is 0 Å². The molecule has 5 heteroatoms. The molecule has 0 radical (unpaired) electrons. The second kappa shape index (κ2) is 5.26. The van der Waals surface area contributed by atoms with E-state index in [1.807, 2.05) is 0 Å². The number of halogens is 1. The number of Topliss-reactive ketones (excluding diaryl/α,β-unsaturated/α-hetero) is 1. The highest BCUT2D eigenvalue weighted by molar-refractivity contribution is 9.09. The summed E-state index contributed by atoms with van der Waals surface area (Å²) in [4.78, 5) is 13.4. The van der Waals surface area contributed by atoms with E-state index in [0.29, 0.717) is 6.42 Å². The molecule has 0 aliphatic carbocycles. The van der Waals surface area contributed by atoms with Gasteiger partial charge in [0.05, 0.1) is 11.4 Å². The highest BCUT2D eigenvalue weighted by Gasteiger charge is 2.11. The van der Waals surface area contributed by atoms with Crippen LogP contribution in [0.4, 0.5) is 0 Å². The number of rotatable bonds is 4. The van der Waals surface area contributed by atoms with Gasteiger partial charge in [-0.15, -0.1) is 0 Å². The Morgan fingerprint density at radius 2 is 2.50 bits per heavy atom. The zero-order valence-corrected chi connectivity index (χ0v) is 7.21. The van der Waals surface area contributed by atoms with Crippen LogP contribution in [0.5, 0.6) is 0 Å². The molecule has 0 saturated carbocycles. The van der Waals surface area contributed by atoms with Crippen LogP contribution in [0.2, 0.25) is 0 Å². The molecule has 0 unspecified atom stereocenters. The van der Waals surface area contributed by atoms with E-state index in [-0.39, 0.29) is 11.1 Å². The van der Waals surface area contributed by atoms with Crippen LogP contribution in [0.1, 0.15) is 13.3 Å². The lowest BCUT2D eigenvalue weighted by atomic mass is 10.2. The lowest BCUT2D eigenvalue weighted by molar-refractivity contribution is -0.117. The maximum absolute atomic E-state index is 10.8. The molecule has 0 aromatic rings. The summed E-state index contributed by atoms with van der Waals surface area (Å²) in [6.45, 7) is 1.81. The number of nitrogens with zero attached hydrogens (tertiary/aromatic N) is 3. The number of alkyl halides is 1. The van der Waals surface area contributed by atoms with Gasteiger partial charge in [-0.1, -0.05) is 28.0 Å². The third-order valence-corrected chi connectivity index (χ3v) is 1.63. The largest absolute Gasteiger partial charge is 0.298 e. The summed E-state index contributed by atoms with van der Waals surface area (Å²) in [6, 6.07) is -0.496. The van der Waals surface area contributed by atoms with Crippen LogP contribution in [0.25, 0.3) is 10.4 Å². The summed E-state index contributed by atoms with van der Waals surface area (Å²) in [5, 5.41) is 3.57. The molecule has 0 heterocycles. The number of ketones is 1. The molecule has 0 N–H and O–H groups in total. The van der Waals surface area contributed by atoms with E-state index in [0.717, 1.165) is 0 Å². The van der Waals surface area contributed by atoms with Crippen LogP contribution >= 0.6 is 15.9 Å². The molecule has 10 heavy (non-hydrogen) atoms. The monoisotopic (exact) mass is 205 g/mol. The second-order valence-electron chi connectivity index (χ2n) is 1.73. The molecule has 0 aliphatic heterocycles. The van der Waals surface area contributed by atoms with Crippen molar-refractivity contribution in [1.29, 1.82) is 0 Å². The summed E-state index contributed by atoms with van der Waals surface area (Å²) in [7, 11) is 0. The van der Waals surface area contributed by atoms with E-state index < -0.39 is 6.04 Å². The fraction of sp³-hybridized carbons (Fsp3) is 0.800. The topological polar surface area (TPSA) is 65.8 Å². The molecule has 0 bridgehead atoms. The number of hydrogen-bond acceptors (Lipinski definition) is 2. The predicted molar refractivity (Wildman–Crippen MR) is 42.0 cm³/mol. The van der Waals surface area contributed by atoms with Crippen molar-refractivity contribution in [2.75, 3.05) is 5.33 Å². The van der Waals surface area contributed by atoms with Crippen molar-refractivity contribution in [2.45, 2.75) is 19.4 Å². The third-order valence-electron chi connectivity index (χ3n) is 1.08. The van der Waals surface area contributed by atoms with E-state index in [1.54, 1.807) is 6.92 Å². The first-order chi connectivity index (χ1) is 4.76. The lowest BCUT2D eigenvalue weighted by Gasteiger charge is -2.01. The maximum atomic E-state index is 10.8. The van der Waals surface area contributed by atoms with Crippen LogP contribution in [0.3, 0.4) is 0 Å². The van der Waals surface area contributed by atoms with Gasteiger partial charge in [0, 0.05) is 4.91 Å². The minimum Gasteiger partial charge on any atom is -0.298 e. The first kappa shape index (κ1) is 9.46. The zero-order valence-electron chi connectivity index (χ0n) is 5.62. The molecule has 0 saturated heterocycles. The van der Waals surface area contributed by atoms with Gasteiger partial charge in [-0.2, -0.15) is 0 Å². The second-order valence-corrected chi connectivity index (χ2v) is 2.29. The van der Waals surface area contributed by atoms with Gasteiger partial charge in [0.25, 0.3) is 0 Å². The van der Waals surface area contributed by atoms with Crippen LogP contribution in [0.15, 0.2) is 5.11 Å². The Balaban J connectivity index is 4.05. The van der Waals surface area contributed by atoms with Crippen LogP contribution in [-0.4, -0.2) is 17.2 Å². The highest BCUT2D eigenvalue weighted by atomic mass is 79.9. The van der Waals surface area contributed by atoms with Crippen LogP contribution in [-0.2, 0) is 4.79 Å². The fourth-order valence-corrected chi connectivity index (χ4v) is 0.899. The summed E-state index contributed by atoms with van der Waals surface area (Å²) >= 11 is 2.99. The molecule has 56 valence electrons.